The number of ether oxygens (including phenoxy) is 2. The molecule has 1 fully saturated rings. The Kier molecular flexibility index (Phi) is 10.1. The normalized spacial score (nSPS) is 15.0. The summed E-state index contributed by atoms with van der Waals surface area (Å²) in [6.45, 7) is 14.8. The molecular formula is C31H39ClFN7O3. The zero-order chi connectivity index (χ0) is 31.3. The lowest BCUT2D eigenvalue weighted by molar-refractivity contribution is -0.126. The number of amides is 1. The van der Waals surface area contributed by atoms with E-state index < -0.39 is 5.82 Å². The van der Waals surface area contributed by atoms with E-state index in [0.29, 0.717) is 55.4 Å². The number of pyridine rings is 1. The van der Waals surface area contributed by atoms with Crippen LogP contribution in [0.1, 0.15) is 52.5 Å². The van der Waals surface area contributed by atoms with Gasteiger partial charge in [0.05, 0.1) is 17.6 Å². The fourth-order valence-electron chi connectivity index (χ4n) is 4.85. The van der Waals surface area contributed by atoms with Gasteiger partial charge in [0, 0.05) is 49.7 Å². The van der Waals surface area contributed by atoms with Crippen molar-refractivity contribution in [2.24, 2.45) is 11.3 Å². The molecule has 0 saturated carbocycles. The van der Waals surface area contributed by atoms with Crippen molar-refractivity contribution in [2.45, 2.75) is 47.0 Å². The highest BCUT2D eigenvalue weighted by atomic mass is 35.5. The van der Waals surface area contributed by atoms with Crippen LogP contribution in [0, 0.1) is 22.6 Å². The van der Waals surface area contributed by atoms with Crippen LogP contribution < -0.4 is 20.1 Å². The van der Waals surface area contributed by atoms with Crippen LogP contribution in [0.2, 0.25) is 5.02 Å². The number of hydrogen-bond donors (Lipinski definition) is 2. The second kappa shape index (κ2) is 13.5. The average molecular weight is 612 g/mol. The molecule has 1 saturated heterocycles. The number of nitrogens with zero attached hydrogens (tertiary/aromatic N) is 5. The molecule has 1 atom stereocenters. The minimum absolute atomic E-state index is 0.00124. The Bertz CT molecular complexity index is 1510. The van der Waals surface area contributed by atoms with Gasteiger partial charge in [-0.15, -0.1) is 0 Å². The maximum Gasteiger partial charge on any atom is 0.319 e. The van der Waals surface area contributed by atoms with Crippen molar-refractivity contribution < 1.29 is 18.7 Å². The molecule has 0 spiro atoms. The summed E-state index contributed by atoms with van der Waals surface area (Å²) in [5.41, 5.74) is 6.31. The van der Waals surface area contributed by atoms with Gasteiger partial charge in [0.2, 0.25) is 11.8 Å². The molecule has 3 N–H and O–H groups in total. The van der Waals surface area contributed by atoms with E-state index in [1.54, 1.807) is 11.0 Å². The predicted octanol–water partition coefficient (Wildman–Crippen LogP) is 6.26. The topological polar surface area (TPSA) is 131 Å². The van der Waals surface area contributed by atoms with E-state index >= 15 is 0 Å². The standard InChI is InChI=1S/C31H39ClFN7O3/c1-6-24(41)39-12-14-40(15-13-39)28-20-9-11-36-29(43-27-21(17-34)23(35)16-22(33)25(27)32)26(20)37-30(38-28)42-18-31(5,7-2)10-8-19(3)4/h6,9,11,16-17,19,34H,1,7-8,10,12-15,18,35H2,2-5H3/t31-/m0/s1. The molecule has 1 aliphatic rings. The number of carbonyl (C=O) groups excluding carboxylic acids is 1. The van der Waals surface area contributed by atoms with Gasteiger partial charge in [-0.05, 0) is 37.0 Å². The van der Waals surface area contributed by atoms with Crippen LogP contribution in [0.4, 0.5) is 15.9 Å². The van der Waals surface area contributed by atoms with Crippen LogP contribution in [0.5, 0.6) is 17.6 Å². The van der Waals surface area contributed by atoms with Crippen molar-refractivity contribution in [2.75, 3.05) is 43.4 Å². The summed E-state index contributed by atoms with van der Waals surface area (Å²) < 4.78 is 26.9. The summed E-state index contributed by atoms with van der Waals surface area (Å²) in [7, 11) is 0. The summed E-state index contributed by atoms with van der Waals surface area (Å²) in [6, 6.07) is 2.95. The molecule has 0 unspecified atom stereocenters. The minimum atomic E-state index is -0.786. The van der Waals surface area contributed by atoms with Crippen molar-refractivity contribution in [3.05, 3.63) is 47.4 Å². The van der Waals surface area contributed by atoms with Crippen molar-refractivity contribution in [3.63, 3.8) is 0 Å². The van der Waals surface area contributed by atoms with Gasteiger partial charge in [0.1, 0.15) is 22.2 Å². The first-order chi connectivity index (χ1) is 20.5. The third-order valence-electron chi connectivity index (χ3n) is 7.92. The Morgan fingerprint density at radius 3 is 2.65 bits per heavy atom. The number of carbonyl (C=O) groups is 1. The lowest BCUT2D eigenvalue weighted by Gasteiger charge is -2.35. The number of fused-ring (bicyclic) bond motifs is 1. The molecule has 10 nitrogen and oxygen atoms in total. The summed E-state index contributed by atoms with van der Waals surface area (Å²) in [5, 5.41) is 8.09. The largest absolute Gasteiger partial charge is 0.463 e. The zero-order valence-corrected chi connectivity index (χ0v) is 25.9. The number of benzene rings is 1. The van der Waals surface area contributed by atoms with E-state index in [-0.39, 0.29) is 45.2 Å². The van der Waals surface area contributed by atoms with E-state index in [1.165, 1.54) is 12.3 Å². The number of hydrogen-bond acceptors (Lipinski definition) is 9. The summed E-state index contributed by atoms with van der Waals surface area (Å²) in [6.07, 6.45) is 6.77. The lowest BCUT2D eigenvalue weighted by atomic mass is 9.82. The van der Waals surface area contributed by atoms with Crippen molar-refractivity contribution in [3.8, 4) is 17.6 Å². The SMILES string of the molecule is C=CC(=O)N1CCN(c2nc(OC[C@@](C)(CC)CCC(C)C)nc3c(Oc4c(Cl)c(F)cc(N)c4C=N)nccc23)CC1. The van der Waals surface area contributed by atoms with E-state index in [9.17, 15) is 9.18 Å². The molecule has 3 heterocycles. The molecule has 230 valence electrons. The number of halogens is 2. The molecule has 0 bridgehead atoms. The van der Waals surface area contributed by atoms with Gasteiger partial charge in [-0.2, -0.15) is 9.97 Å². The second-order valence-corrected chi connectivity index (χ2v) is 11.9. The van der Waals surface area contributed by atoms with Gasteiger partial charge >= 0.3 is 6.01 Å². The van der Waals surface area contributed by atoms with Crippen LogP contribution in [0.3, 0.4) is 0 Å². The smallest absolute Gasteiger partial charge is 0.319 e. The first-order valence-electron chi connectivity index (χ1n) is 14.4. The molecule has 1 aliphatic heterocycles. The molecule has 1 aromatic carbocycles. The number of aromatic nitrogens is 3. The molecule has 3 aromatic rings. The third-order valence-corrected chi connectivity index (χ3v) is 8.28. The van der Waals surface area contributed by atoms with Crippen molar-refractivity contribution in [1.29, 1.82) is 5.41 Å². The molecule has 0 radical (unpaired) electrons. The highest BCUT2D eigenvalue weighted by Gasteiger charge is 2.28. The lowest BCUT2D eigenvalue weighted by Crippen LogP contribution is -2.48. The molecule has 2 aromatic heterocycles. The van der Waals surface area contributed by atoms with Gasteiger partial charge in [-0.25, -0.2) is 9.37 Å². The van der Waals surface area contributed by atoms with Crippen LogP contribution in [0.15, 0.2) is 31.0 Å². The average Bonchev–Trinajstić information content (AvgIpc) is 3.01. The first-order valence-corrected chi connectivity index (χ1v) is 14.8. The van der Waals surface area contributed by atoms with Gasteiger partial charge in [-0.3, -0.25) is 4.79 Å². The van der Waals surface area contributed by atoms with Gasteiger partial charge in [0.15, 0.2) is 5.75 Å². The Morgan fingerprint density at radius 1 is 1.30 bits per heavy atom. The van der Waals surface area contributed by atoms with Crippen molar-refractivity contribution >= 4 is 46.1 Å². The molecule has 0 aliphatic carbocycles. The fourth-order valence-corrected chi connectivity index (χ4v) is 5.05. The molecule has 4 rings (SSSR count). The van der Waals surface area contributed by atoms with Crippen LogP contribution in [-0.2, 0) is 4.79 Å². The predicted molar refractivity (Wildman–Crippen MR) is 168 cm³/mol. The monoisotopic (exact) mass is 611 g/mol. The Hall–Kier alpha value is -3.99. The minimum Gasteiger partial charge on any atom is -0.463 e. The van der Waals surface area contributed by atoms with Crippen LogP contribution >= 0.6 is 11.6 Å². The maximum absolute atomic E-state index is 14.5. The van der Waals surface area contributed by atoms with Gasteiger partial charge in [-0.1, -0.05) is 52.3 Å². The Labute approximate surface area is 256 Å². The Balaban J connectivity index is 1.78. The van der Waals surface area contributed by atoms with Gasteiger partial charge in [0.25, 0.3) is 0 Å². The van der Waals surface area contributed by atoms with Gasteiger partial charge < -0.3 is 30.4 Å². The van der Waals surface area contributed by atoms with E-state index in [1.807, 2.05) is 0 Å². The van der Waals surface area contributed by atoms with Crippen LogP contribution in [0.25, 0.3) is 10.9 Å². The molecular weight excluding hydrogens is 573 g/mol. The summed E-state index contributed by atoms with van der Waals surface area (Å²) in [4.78, 5) is 29.9. The number of nitrogen functional groups attached to an aromatic ring is 1. The van der Waals surface area contributed by atoms with E-state index in [4.69, 9.17) is 42.2 Å². The molecule has 12 heteroatoms. The molecule has 43 heavy (non-hydrogen) atoms. The van der Waals surface area contributed by atoms with E-state index in [0.717, 1.165) is 31.5 Å². The third kappa shape index (κ3) is 7.15. The second-order valence-electron chi connectivity index (χ2n) is 11.5. The first kappa shape index (κ1) is 31.9. The Morgan fingerprint density at radius 2 is 2.02 bits per heavy atom. The fraction of sp³-hybridized carbons (Fsp3) is 0.452. The number of anilines is 2. The number of piperazine rings is 1. The summed E-state index contributed by atoms with van der Waals surface area (Å²) in [5.74, 6) is 0.146. The number of nitrogens with two attached hydrogens (primary N) is 1. The quantitative estimate of drug-likeness (QED) is 0.139. The summed E-state index contributed by atoms with van der Waals surface area (Å²) >= 11 is 6.26. The zero-order valence-electron chi connectivity index (χ0n) is 25.1. The maximum atomic E-state index is 14.5. The van der Waals surface area contributed by atoms with Crippen molar-refractivity contribution in [1.82, 2.24) is 19.9 Å². The van der Waals surface area contributed by atoms with E-state index in [2.05, 4.69) is 44.2 Å². The highest BCUT2D eigenvalue weighted by molar-refractivity contribution is 6.33. The highest BCUT2D eigenvalue weighted by Crippen LogP contribution is 2.40. The molecule has 1 amide bonds. The van der Waals surface area contributed by atoms with Crippen LogP contribution in [-0.4, -0.2) is 64.8 Å². The number of rotatable bonds is 12. The number of nitrogens with one attached hydrogen (secondary N) is 1.